The Morgan fingerprint density at radius 3 is 0.838 bits per heavy atom. The average molecular weight is 557 g/mol. The van der Waals surface area contributed by atoms with Crippen LogP contribution in [0.15, 0.2) is 121 Å². The first kappa shape index (κ1) is 17.8. The van der Waals surface area contributed by atoms with Crippen molar-refractivity contribution in [2.75, 3.05) is 0 Å². The van der Waals surface area contributed by atoms with Gasteiger partial charge < -0.3 is 0 Å². The van der Waals surface area contributed by atoms with Gasteiger partial charge in [-0.15, -0.1) is 0 Å². The molecule has 10 heterocycles. The molecule has 3 heteroatoms. The van der Waals surface area contributed by atoms with E-state index < -0.39 is 6.37 Å². The molecular formula is C34H28CoP2. The Labute approximate surface area is 210 Å². The molecule has 0 bridgehead atoms. The van der Waals surface area contributed by atoms with Crippen LogP contribution in [0.3, 0.4) is 0 Å². The Kier molecular flexibility index (Phi) is 1.32. The van der Waals surface area contributed by atoms with Crippen LogP contribution in [0.1, 0.15) is 0 Å². The molecule has 10 fully saturated rings. The van der Waals surface area contributed by atoms with Gasteiger partial charge in [0.2, 0.25) is 0 Å². The summed E-state index contributed by atoms with van der Waals surface area (Å²) in [5.74, 6) is 0. The van der Waals surface area contributed by atoms with E-state index in [0.717, 1.165) is 8.18 Å². The number of benzene rings is 4. The number of fused-ring (bicyclic) bond motifs is 10. The number of rotatable bonds is 6. The van der Waals surface area contributed by atoms with Crippen LogP contribution in [-0.4, -0.2) is 8.18 Å². The van der Waals surface area contributed by atoms with Crippen LogP contribution in [0.4, 0.5) is 0 Å². The molecular weight excluding hydrogens is 529 g/mol. The molecule has 0 saturated carbocycles. The molecule has 8 atom stereocenters. The second-order valence-electron chi connectivity index (χ2n) is 15.3. The maximum atomic E-state index is 2.54. The van der Waals surface area contributed by atoms with Crippen molar-refractivity contribution in [3.8, 4) is 0 Å². The van der Waals surface area contributed by atoms with E-state index in [9.17, 15) is 0 Å². The van der Waals surface area contributed by atoms with E-state index in [1.165, 1.54) is 38.8 Å². The van der Waals surface area contributed by atoms with Gasteiger partial charge in [-0.2, -0.15) is 0 Å². The Hall–Kier alpha value is -1.75. The fourth-order valence-electron chi connectivity index (χ4n) is 19.9. The van der Waals surface area contributed by atoms with Crippen LogP contribution in [0, 0.1) is 0 Å². The third-order valence-electron chi connectivity index (χ3n) is 18.6. The van der Waals surface area contributed by atoms with Crippen molar-refractivity contribution in [3.05, 3.63) is 121 Å². The molecule has 0 radical (unpaired) electrons. The zero-order valence-corrected chi connectivity index (χ0v) is 23.2. The summed E-state index contributed by atoms with van der Waals surface area (Å²) in [5, 5.41) is 6.87. The second kappa shape index (κ2) is 2.75. The van der Waals surface area contributed by atoms with Crippen LogP contribution in [0.25, 0.3) is 0 Å². The summed E-state index contributed by atoms with van der Waals surface area (Å²) in [4.78, 5) is 10.1. The molecule has 10 saturated heterocycles. The van der Waals surface area contributed by atoms with Crippen molar-refractivity contribution >= 4 is 37.1 Å². The summed E-state index contributed by atoms with van der Waals surface area (Å²) < 4.78 is 1.59. The zero-order valence-electron chi connectivity index (χ0n) is 20.4. The molecule has 4 aromatic rings. The van der Waals surface area contributed by atoms with Crippen molar-refractivity contribution in [1.29, 1.82) is 0 Å². The van der Waals surface area contributed by atoms with Gasteiger partial charge in [0.25, 0.3) is 0 Å². The van der Waals surface area contributed by atoms with Gasteiger partial charge in [-0.05, 0) is 0 Å². The van der Waals surface area contributed by atoms with Crippen LogP contribution in [0.2, 0.25) is 38.8 Å². The predicted molar refractivity (Wildman–Crippen MR) is 154 cm³/mol. The monoisotopic (exact) mass is 557 g/mol. The molecule has 37 heavy (non-hydrogen) atoms. The molecule has 0 N–H and O–H groups in total. The van der Waals surface area contributed by atoms with Gasteiger partial charge in [0.1, 0.15) is 0 Å². The molecule has 0 nitrogen and oxygen atoms in total. The average Bonchev–Trinajstić information content (AvgIpc) is 3.92. The Bertz CT molecular complexity index is 1910. The predicted octanol–water partition coefficient (Wildman–Crippen LogP) is 7.46. The number of hydrogen-bond donors (Lipinski definition) is 0. The third-order valence-corrected chi connectivity index (χ3v) is 72.3. The van der Waals surface area contributed by atoms with Crippen molar-refractivity contribution in [3.63, 3.8) is 0 Å². The first-order chi connectivity index (χ1) is 18.1. The van der Waals surface area contributed by atoms with Crippen LogP contribution < -0.4 is 21.2 Å². The van der Waals surface area contributed by atoms with E-state index in [1.54, 1.807) is 21.2 Å². The third kappa shape index (κ3) is 0.441. The fourth-order valence-corrected chi connectivity index (χ4v) is 118. The summed E-state index contributed by atoms with van der Waals surface area (Å²) >= 11 is 0. The van der Waals surface area contributed by atoms with E-state index in [0.29, 0.717) is 0 Å². The van der Waals surface area contributed by atoms with Gasteiger partial charge in [0.05, 0.1) is 0 Å². The summed E-state index contributed by atoms with van der Waals surface area (Å²) in [5.41, 5.74) is 0. The van der Waals surface area contributed by atoms with Gasteiger partial charge in [0, 0.05) is 0 Å². The molecule has 14 rings (SSSR count). The molecule has 0 aliphatic carbocycles. The molecule has 10 aliphatic heterocycles. The molecule has 183 valence electrons. The topological polar surface area (TPSA) is 0 Å². The minimum absolute atomic E-state index is 0.255. The van der Waals surface area contributed by atoms with Crippen molar-refractivity contribution in [2.45, 2.75) is 47.0 Å². The van der Waals surface area contributed by atoms with Gasteiger partial charge in [-0.3, -0.25) is 0 Å². The zero-order chi connectivity index (χ0) is 23.5. The molecule has 0 amide bonds. The Balaban J connectivity index is 1.12. The molecule has 0 aromatic heterocycles. The molecule has 4 aromatic carbocycles. The standard InChI is InChI=1S/2C17H14P.Co/c2*1-3-9-15(10-4-1)18(17-13-7-8-14-17)16-11-5-2-6-12-16;/h2*1-14H;. The van der Waals surface area contributed by atoms with Crippen molar-refractivity contribution in [2.24, 2.45) is 0 Å². The first-order valence-electron chi connectivity index (χ1n) is 14.0. The van der Waals surface area contributed by atoms with E-state index >= 15 is 0 Å². The quantitative estimate of drug-likeness (QED) is 0.216. The van der Waals surface area contributed by atoms with E-state index in [2.05, 4.69) is 121 Å². The first-order valence-corrected chi connectivity index (χ1v) is 22.5. The van der Waals surface area contributed by atoms with Gasteiger partial charge >= 0.3 is 212 Å². The van der Waals surface area contributed by atoms with Crippen molar-refractivity contribution in [1.82, 2.24) is 0 Å². The Morgan fingerprint density at radius 1 is 0.378 bits per heavy atom. The number of hydrogen-bond acceptors (Lipinski definition) is 0. The molecule has 8 unspecified atom stereocenters. The van der Waals surface area contributed by atoms with Crippen LogP contribution >= 0.6 is 15.8 Å². The molecule has 10 aliphatic rings. The normalized spacial score (nSPS) is 63.1. The second-order valence-corrected chi connectivity index (χ2v) is 42.8. The van der Waals surface area contributed by atoms with E-state index in [-0.39, 0.29) is 15.8 Å². The molecule has 1 spiro atoms. The van der Waals surface area contributed by atoms with Crippen molar-refractivity contribution < 1.29 is 6.37 Å². The minimum atomic E-state index is -3.70. The SMILES string of the molecule is c1ccc(P(c2ccccc2)[C]23[CH]4[CH]5[CH]6[CH]2[Co]56432789[CH]3[CH]2[CH]7[C]8(P(c2ccccc2)c2ccccc2)[CH]39)cc1. The van der Waals surface area contributed by atoms with Gasteiger partial charge in [-0.1, -0.05) is 0 Å². The summed E-state index contributed by atoms with van der Waals surface area (Å²) in [6.45, 7) is 0. The van der Waals surface area contributed by atoms with E-state index in [1.807, 2.05) is 0 Å². The summed E-state index contributed by atoms with van der Waals surface area (Å²) in [6.07, 6.45) is -3.70. The van der Waals surface area contributed by atoms with Gasteiger partial charge in [-0.25, -0.2) is 0 Å². The van der Waals surface area contributed by atoms with Gasteiger partial charge in [0.15, 0.2) is 0 Å². The fraction of sp³-hybridized carbons (Fsp3) is 0.294. The summed E-state index contributed by atoms with van der Waals surface area (Å²) in [6, 6.07) is 48.0. The summed E-state index contributed by atoms with van der Waals surface area (Å²) in [7, 11) is -0.510. The van der Waals surface area contributed by atoms with E-state index in [4.69, 9.17) is 0 Å². The van der Waals surface area contributed by atoms with Crippen LogP contribution in [0.5, 0.6) is 0 Å². The Morgan fingerprint density at radius 2 is 0.622 bits per heavy atom. The maximum absolute atomic E-state index is 3.70. The van der Waals surface area contributed by atoms with Crippen LogP contribution in [-0.2, 0) is 6.37 Å².